The van der Waals surface area contributed by atoms with Gasteiger partial charge >= 0.3 is 0 Å². The summed E-state index contributed by atoms with van der Waals surface area (Å²) in [5.41, 5.74) is 1.48. The fourth-order valence-corrected chi connectivity index (χ4v) is 3.75. The number of nitrogens with one attached hydrogen (secondary N) is 2. The van der Waals surface area contributed by atoms with Crippen LogP contribution in [-0.2, 0) is 20.9 Å². The highest BCUT2D eigenvalue weighted by atomic mass is 35.5. The molecular formula is C30H26Cl2N2O5. The topological polar surface area (TPSA) is 85.9 Å². The molecular weight excluding hydrogens is 539 g/mol. The molecule has 200 valence electrons. The molecule has 2 amide bonds. The summed E-state index contributed by atoms with van der Waals surface area (Å²) in [5.74, 6) is 0.753. The molecule has 39 heavy (non-hydrogen) atoms. The monoisotopic (exact) mass is 564 g/mol. The zero-order chi connectivity index (χ0) is 27.5. The Morgan fingerprint density at radius 1 is 0.744 bits per heavy atom. The highest BCUT2D eigenvalue weighted by molar-refractivity contribution is 6.42. The Morgan fingerprint density at radius 3 is 2.08 bits per heavy atom. The van der Waals surface area contributed by atoms with Gasteiger partial charge in [-0.1, -0.05) is 71.7 Å². The molecule has 0 aliphatic heterocycles. The van der Waals surface area contributed by atoms with E-state index in [2.05, 4.69) is 10.6 Å². The van der Waals surface area contributed by atoms with Crippen LogP contribution >= 0.6 is 23.2 Å². The van der Waals surface area contributed by atoms with Crippen LogP contribution in [0.3, 0.4) is 0 Å². The van der Waals surface area contributed by atoms with Crippen LogP contribution in [0.15, 0.2) is 103 Å². The molecule has 0 fully saturated rings. The second kappa shape index (κ2) is 14.2. The Bertz CT molecular complexity index is 1370. The summed E-state index contributed by atoms with van der Waals surface area (Å²) in [6, 6.07) is 29.5. The Kier molecular flexibility index (Phi) is 10.2. The number of halogens is 2. The zero-order valence-electron chi connectivity index (χ0n) is 20.8. The standard InChI is InChI=1S/C30H26Cl2N2O5/c31-26-16-15-25(17-27(26)32)38-20-29(35)34-28(19-37-18-21-7-3-1-4-8-21)30(36)33-22-11-13-24(14-12-22)39-23-9-5-2-6-10-23/h1-17,28H,18-20H2,(H,33,36)(H,34,35). The minimum atomic E-state index is -0.973. The van der Waals surface area contributed by atoms with E-state index in [1.807, 2.05) is 60.7 Å². The molecule has 0 spiro atoms. The Hall–Kier alpha value is -4.04. The second-order valence-electron chi connectivity index (χ2n) is 8.41. The van der Waals surface area contributed by atoms with Crippen LogP contribution in [0.5, 0.6) is 17.2 Å². The predicted octanol–water partition coefficient (Wildman–Crippen LogP) is 6.50. The fraction of sp³-hybridized carbons (Fsp3) is 0.133. The summed E-state index contributed by atoms with van der Waals surface area (Å²) >= 11 is 11.9. The Morgan fingerprint density at radius 2 is 1.38 bits per heavy atom. The van der Waals surface area contributed by atoms with E-state index in [-0.39, 0.29) is 19.8 Å². The third kappa shape index (κ3) is 9.04. The molecule has 4 aromatic rings. The van der Waals surface area contributed by atoms with Crippen molar-refractivity contribution < 1.29 is 23.8 Å². The molecule has 9 heteroatoms. The predicted molar refractivity (Wildman–Crippen MR) is 152 cm³/mol. The first-order chi connectivity index (χ1) is 19.0. The van der Waals surface area contributed by atoms with Crippen molar-refractivity contribution in [2.45, 2.75) is 12.6 Å². The van der Waals surface area contributed by atoms with Crippen LogP contribution in [-0.4, -0.2) is 31.1 Å². The number of benzene rings is 4. The van der Waals surface area contributed by atoms with Gasteiger partial charge in [-0.25, -0.2) is 0 Å². The molecule has 0 bridgehead atoms. The van der Waals surface area contributed by atoms with Crippen molar-refractivity contribution in [3.05, 3.63) is 119 Å². The molecule has 1 atom stereocenters. The number of anilines is 1. The molecule has 7 nitrogen and oxygen atoms in total. The second-order valence-corrected chi connectivity index (χ2v) is 9.23. The van der Waals surface area contributed by atoms with Crippen molar-refractivity contribution in [2.75, 3.05) is 18.5 Å². The normalized spacial score (nSPS) is 11.3. The van der Waals surface area contributed by atoms with E-state index in [4.69, 9.17) is 37.4 Å². The van der Waals surface area contributed by atoms with Gasteiger partial charge in [0.15, 0.2) is 6.61 Å². The Labute approximate surface area is 236 Å². The van der Waals surface area contributed by atoms with Crippen molar-refractivity contribution in [1.82, 2.24) is 5.32 Å². The lowest BCUT2D eigenvalue weighted by Crippen LogP contribution is -2.48. The van der Waals surface area contributed by atoms with Crippen molar-refractivity contribution in [3.63, 3.8) is 0 Å². The molecule has 0 aliphatic carbocycles. The molecule has 1 unspecified atom stereocenters. The van der Waals surface area contributed by atoms with E-state index in [1.165, 1.54) is 6.07 Å². The number of carbonyl (C=O) groups is 2. The maximum Gasteiger partial charge on any atom is 0.258 e. The number of rotatable bonds is 12. The average Bonchev–Trinajstić information content (AvgIpc) is 2.95. The quantitative estimate of drug-likeness (QED) is 0.205. The smallest absolute Gasteiger partial charge is 0.258 e. The third-order valence-electron chi connectivity index (χ3n) is 5.41. The summed E-state index contributed by atoms with van der Waals surface area (Å²) in [4.78, 5) is 25.8. The minimum Gasteiger partial charge on any atom is -0.484 e. The summed E-state index contributed by atoms with van der Waals surface area (Å²) in [6.45, 7) is -0.0911. The maximum atomic E-state index is 13.1. The van der Waals surface area contributed by atoms with E-state index in [1.54, 1.807) is 36.4 Å². The zero-order valence-corrected chi connectivity index (χ0v) is 22.3. The lowest BCUT2D eigenvalue weighted by atomic mass is 10.2. The van der Waals surface area contributed by atoms with Crippen LogP contribution in [0.2, 0.25) is 10.0 Å². The summed E-state index contributed by atoms with van der Waals surface area (Å²) in [7, 11) is 0. The van der Waals surface area contributed by atoms with Crippen LogP contribution in [0, 0.1) is 0 Å². The van der Waals surface area contributed by atoms with Gasteiger partial charge in [0, 0.05) is 11.8 Å². The van der Waals surface area contributed by atoms with Gasteiger partial charge in [-0.15, -0.1) is 0 Å². The Balaban J connectivity index is 1.36. The van der Waals surface area contributed by atoms with E-state index < -0.39 is 17.9 Å². The number of hydrogen-bond donors (Lipinski definition) is 2. The van der Waals surface area contributed by atoms with Crippen LogP contribution < -0.4 is 20.1 Å². The largest absolute Gasteiger partial charge is 0.484 e. The van der Waals surface area contributed by atoms with Crippen molar-refractivity contribution in [3.8, 4) is 17.2 Å². The van der Waals surface area contributed by atoms with Crippen LogP contribution in [0.4, 0.5) is 5.69 Å². The minimum absolute atomic E-state index is 0.0472. The van der Waals surface area contributed by atoms with E-state index in [9.17, 15) is 9.59 Å². The molecule has 4 rings (SSSR count). The molecule has 0 aliphatic rings. The first kappa shape index (κ1) is 28.0. The van der Waals surface area contributed by atoms with Gasteiger partial charge in [-0.2, -0.15) is 0 Å². The highest BCUT2D eigenvalue weighted by Gasteiger charge is 2.22. The van der Waals surface area contributed by atoms with Gasteiger partial charge in [0.2, 0.25) is 5.91 Å². The number of hydrogen-bond acceptors (Lipinski definition) is 5. The SMILES string of the molecule is O=C(COc1ccc(Cl)c(Cl)c1)NC(COCc1ccccc1)C(=O)Nc1ccc(Oc2ccccc2)cc1. The summed E-state index contributed by atoms with van der Waals surface area (Å²) in [5, 5.41) is 6.17. The van der Waals surface area contributed by atoms with E-state index in [0.717, 1.165) is 5.56 Å². The van der Waals surface area contributed by atoms with Crippen molar-refractivity contribution >= 4 is 40.7 Å². The van der Waals surface area contributed by atoms with Gasteiger partial charge in [0.25, 0.3) is 5.91 Å². The van der Waals surface area contributed by atoms with Gasteiger partial charge < -0.3 is 24.8 Å². The van der Waals surface area contributed by atoms with Gasteiger partial charge in [0.1, 0.15) is 23.3 Å². The fourth-order valence-electron chi connectivity index (χ4n) is 3.46. The van der Waals surface area contributed by atoms with Crippen molar-refractivity contribution in [2.24, 2.45) is 0 Å². The number of para-hydroxylation sites is 1. The average molecular weight is 565 g/mol. The highest BCUT2D eigenvalue weighted by Crippen LogP contribution is 2.26. The lowest BCUT2D eigenvalue weighted by molar-refractivity contribution is -0.129. The van der Waals surface area contributed by atoms with E-state index in [0.29, 0.717) is 33.0 Å². The molecule has 0 radical (unpaired) electrons. The van der Waals surface area contributed by atoms with Crippen LogP contribution in [0.1, 0.15) is 5.56 Å². The molecule has 0 aromatic heterocycles. The molecule has 0 saturated heterocycles. The first-order valence-corrected chi connectivity index (χ1v) is 12.8. The van der Waals surface area contributed by atoms with Crippen LogP contribution in [0.25, 0.3) is 0 Å². The molecule has 4 aromatic carbocycles. The molecule has 2 N–H and O–H groups in total. The maximum absolute atomic E-state index is 13.1. The van der Waals surface area contributed by atoms with Crippen molar-refractivity contribution in [1.29, 1.82) is 0 Å². The number of ether oxygens (including phenoxy) is 3. The number of amides is 2. The first-order valence-electron chi connectivity index (χ1n) is 12.1. The molecule has 0 heterocycles. The summed E-state index contributed by atoms with van der Waals surface area (Å²) in [6.07, 6.45) is 0. The summed E-state index contributed by atoms with van der Waals surface area (Å²) < 4.78 is 17.0. The van der Waals surface area contributed by atoms with Gasteiger partial charge in [0.05, 0.1) is 23.3 Å². The number of carbonyl (C=O) groups excluding carboxylic acids is 2. The van der Waals surface area contributed by atoms with E-state index >= 15 is 0 Å². The lowest BCUT2D eigenvalue weighted by Gasteiger charge is -2.19. The molecule has 0 saturated carbocycles. The van der Waals surface area contributed by atoms with Gasteiger partial charge in [-0.3, -0.25) is 9.59 Å². The van der Waals surface area contributed by atoms with Gasteiger partial charge in [-0.05, 0) is 54.1 Å². The third-order valence-corrected chi connectivity index (χ3v) is 6.15.